The van der Waals surface area contributed by atoms with Gasteiger partial charge in [0.25, 0.3) is 5.95 Å². The number of nitrogens with zero attached hydrogens (tertiary/aromatic N) is 4. The van der Waals surface area contributed by atoms with Crippen molar-refractivity contribution >= 4 is 44.0 Å². The summed E-state index contributed by atoms with van der Waals surface area (Å²) in [4.78, 5) is 4.37. The molecule has 2 aromatic carbocycles. The van der Waals surface area contributed by atoms with Gasteiger partial charge in [0.2, 0.25) is 0 Å². The maximum Gasteiger partial charge on any atom is 0.263 e. The van der Waals surface area contributed by atoms with Crippen molar-refractivity contribution in [1.29, 1.82) is 0 Å². The van der Waals surface area contributed by atoms with E-state index in [1.807, 2.05) is 30.3 Å². The van der Waals surface area contributed by atoms with Crippen molar-refractivity contribution in [3.63, 3.8) is 0 Å². The Bertz CT molecular complexity index is 864. The minimum atomic E-state index is 0.142. The summed E-state index contributed by atoms with van der Waals surface area (Å²) < 4.78 is 1.14. The van der Waals surface area contributed by atoms with Crippen LogP contribution >= 0.6 is 31.9 Å². The number of aromatic hydroxyl groups is 1. The predicted octanol–water partition coefficient (Wildman–Crippen LogP) is 4.22. The topological polar surface area (TPSA) is 83.3 Å². The van der Waals surface area contributed by atoms with Crippen LogP contribution < -0.4 is 5.43 Å². The molecule has 0 unspecified atom stereocenters. The van der Waals surface area contributed by atoms with Gasteiger partial charge in [0.1, 0.15) is 5.75 Å². The Kier molecular flexibility index (Phi) is 5.17. The van der Waals surface area contributed by atoms with Crippen molar-refractivity contribution in [1.82, 2.24) is 15.2 Å². The fraction of sp³-hybridized carbons (Fsp3) is 0. The van der Waals surface area contributed by atoms with E-state index >= 15 is 0 Å². The number of hydrogen-bond acceptors (Lipinski definition) is 6. The lowest BCUT2D eigenvalue weighted by atomic mass is 10.2. The third-order valence-corrected chi connectivity index (χ3v) is 4.25. The Morgan fingerprint density at radius 1 is 1.08 bits per heavy atom. The van der Waals surface area contributed by atoms with Crippen molar-refractivity contribution < 1.29 is 5.11 Å². The van der Waals surface area contributed by atoms with E-state index in [1.54, 1.807) is 24.5 Å². The molecule has 120 valence electrons. The Balaban J connectivity index is 1.75. The van der Waals surface area contributed by atoms with Crippen LogP contribution in [0.3, 0.4) is 0 Å². The van der Waals surface area contributed by atoms with Crippen LogP contribution in [0, 0.1) is 0 Å². The van der Waals surface area contributed by atoms with Gasteiger partial charge in [-0.05, 0) is 49.6 Å². The summed E-state index contributed by atoms with van der Waals surface area (Å²) in [5, 5.41) is 21.6. The maximum atomic E-state index is 9.69. The lowest BCUT2D eigenvalue weighted by molar-refractivity contribution is 0.468. The second-order valence-electron chi connectivity index (χ2n) is 4.73. The fourth-order valence-corrected chi connectivity index (χ4v) is 3.14. The Labute approximate surface area is 154 Å². The van der Waals surface area contributed by atoms with Crippen molar-refractivity contribution in [3.8, 4) is 17.0 Å². The molecule has 6 nitrogen and oxygen atoms in total. The summed E-state index contributed by atoms with van der Waals surface area (Å²) in [5.41, 5.74) is 5.19. The van der Waals surface area contributed by atoms with E-state index in [-0.39, 0.29) is 5.75 Å². The summed E-state index contributed by atoms with van der Waals surface area (Å²) in [7, 11) is 0. The Hall–Kier alpha value is -2.32. The number of anilines is 1. The van der Waals surface area contributed by atoms with Gasteiger partial charge >= 0.3 is 0 Å². The summed E-state index contributed by atoms with van der Waals surface area (Å²) in [6, 6.07) is 13.2. The molecule has 1 aromatic heterocycles. The van der Waals surface area contributed by atoms with Crippen molar-refractivity contribution in [2.45, 2.75) is 0 Å². The van der Waals surface area contributed by atoms with Crippen LogP contribution in [-0.4, -0.2) is 26.5 Å². The standard InChI is InChI=1S/C16H11Br2N5O/c17-12-6-10(7-13(18)15(12)24)8-19-22-16-21-14(9-20-23-16)11-4-2-1-3-5-11/h1-9,24H,(H,21,22,23)/b19-8-. The molecule has 2 N–H and O–H groups in total. The zero-order chi connectivity index (χ0) is 16.9. The van der Waals surface area contributed by atoms with Crippen LogP contribution in [0.5, 0.6) is 5.75 Å². The van der Waals surface area contributed by atoms with Crippen LogP contribution in [0.1, 0.15) is 5.56 Å². The highest BCUT2D eigenvalue weighted by Crippen LogP contribution is 2.32. The normalized spacial score (nSPS) is 10.9. The highest BCUT2D eigenvalue weighted by Gasteiger charge is 2.05. The van der Waals surface area contributed by atoms with E-state index in [2.05, 4.69) is 57.6 Å². The van der Waals surface area contributed by atoms with Gasteiger partial charge in [0.05, 0.1) is 27.1 Å². The van der Waals surface area contributed by atoms with Crippen LogP contribution in [0.25, 0.3) is 11.3 Å². The first-order valence-electron chi connectivity index (χ1n) is 6.86. The average molecular weight is 449 g/mol. The van der Waals surface area contributed by atoms with Gasteiger partial charge in [-0.2, -0.15) is 10.2 Å². The first-order chi connectivity index (χ1) is 11.6. The van der Waals surface area contributed by atoms with Crippen molar-refractivity contribution in [2.75, 3.05) is 5.43 Å². The zero-order valence-corrected chi connectivity index (χ0v) is 15.4. The molecule has 0 radical (unpaired) electrons. The quantitative estimate of drug-likeness (QED) is 0.461. The Morgan fingerprint density at radius 2 is 1.79 bits per heavy atom. The van der Waals surface area contributed by atoms with Gasteiger partial charge in [-0.3, -0.25) is 0 Å². The molecule has 0 aliphatic carbocycles. The first-order valence-corrected chi connectivity index (χ1v) is 8.44. The molecule has 0 atom stereocenters. The summed E-state index contributed by atoms with van der Waals surface area (Å²) in [6.45, 7) is 0. The molecular formula is C16H11Br2N5O. The smallest absolute Gasteiger partial charge is 0.263 e. The number of rotatable bonds is 4. The highest BCUT2D eigenvalue weighted by atomic mass is 79.9. The lowest BCUT2D eigenvalue weighted by Crippen LogP contribution is -2.00. The molecule has 0 aliphatic heterocycles. The molecule has 0 saturated heterocycles. The van der Waals surface area contributed by atoms with Crippen LogP contribution in [0.2, 0.25) is 0 Å². The molecule has 24 heavy (non-hydrogen) atoms. The first kappa shape index (κ1) is 16.5. The molecule has 0 spiro atoms. The van der Waals surface area contributed by atoms with Crippen LogP contribution in [0.15, 0.2) is 62.7 Å². The van der Waals surface area contributed by atoms with E-state index < -0.39 is 0 Å². The number of benzene rings is 2. The third-order valence-electron chi connectivity index (χ3n) is 3.05. The number of aromatic nitrogens is 3. The van der Waals surface area contributed by atoms with Gasteiger partial charge in [-0.25, -0.2) is 10.4 Å². The van der Waals surface area contributed by atoms with Gasteiger partial charge in [0.15, 0.2) is 0 Å². The average Bonchev–Trinajstić information content (AvgIpc) is 2.61. The number of phenols is 1. The number of nitrogens with one attached hydrogen (secondary N) is 1. The van der Waals surface area contributed by atoms with Gasteiger partial charge in [0, 0.05) is 5.56 Å². The number of halogens is 2. The van der Waals surface area contributed by atoms with Gasteiger partial charge < -0.3 is 5.11 Å². The number of hydrazone groups is 1. The van der Waals surface area contributed by atoms with Crippen LogP contribution in [-0.2, 0) is 0 Å². The maximum absolute atomic E-state index is 9.69. The SMILES string of the molecule is Oc1c(Br)cc(/C=N\Nc2nncc(-c3ccccc3)n2)cc1Br. The van der Waals surface area contributed by atoms with Gasteiger partial charge in [-0.1, -0.05) is 30.3 Å². The second kappa shape index (κ2) is 7.50. The summed E-state index contributed by atoms with van der Waals surface area (Å²) >= 11 is 6.54. The predicted molar refractivity (Wildman–Crippen MR) is 100.0 cm³/mol. The second-order valence-corrected chi connectivity index (χ2v) is 6.44. The monoisotopic (exact) mass is 447 g/mol. The molecule has 3 aromatic rings. The minimum Gasteiger partial charge on any atom is -0.506 e. The van der Waals surface area contributed by atoms with Crippen LogP contribution in [0.4, 0.5) is 5.95 Å². The van der Waals surface area contributed by atoms with E-state index in [0.29, 0.717) is 20.6 Å². The number of phenolic OH excluding ortho intramolecular Hbond substituents is 1. The summed E-state index contributed by atoms with van der Waals surface area (Å²) in [5.74, 6) is 0.438. The van der Waals surface area contributed by atoms with Crippen molar-refractivity contribution in [2.24, 2.45) is 5.10 Å². The molecular weight excluding hydrogens is 438 g/mol. The minimum absolute atomic E-state index is 0.142. The van der Waals surface area contributed by atoms with Gasteiger partial charge in [-0.15, -0.1) is 5.10 Å². The molecule has 0 amide bonds. The lowest BCUT2D eigenvalue weighted by Gasteiger charge is -2.03. The molecule has 0 bridgehead atoms. The number of hydrogen-bond donors (Lipinski definition) is 2. The molecule has 0 aliphatic rings. The summed E-state index contributed by atoms with van der Waals surface area (Å²) in [6.07, 6.45) is 3.19. The Morgan fingerprint density at radius 3 is 2.50 bits per heavy atom. The van der Waals surface area contributed by atoms with E-state index in [4.69, 9.17) is 0 Å². The van der Waals surface area contributed by atoms with E-state index in [1.165, 1.54) is 0 Å². The fourth-order valence-electron chi connectivity index (χ4n) is 1.92. The largest absolute Gasteiger partial charge is 0.506 e. The zero-order valence-electron chi connectivity index (χ0n) is 12.2. The highest BCUT2D eigenvalue weighted by molar-refractivity contribution is 9.11. The molecule has 0 fully saturated rings. The van der Waals surface area contributed by atoms with Crippen molar-refractivity contribution in [3.05, 3.63) is 63.2 Å². The van der Waals surface area contributed by atoms with E-state index in [9.17, 15) is 5.11 Å². The molecule has 0 saturated carbocycles. The third kappa shape index (κ3) is 3.95. The molecule has 8 heteroatoms. The molecule has 1 heterocycles. The molecule has 3 rings (SSSR count). The van der Waals surface area contributed by atoms with E-state index in [0.717, 1.165) is 11.1 Å².